The van der Waals surface area contributed by atoms with Gasteiger partial charge < -0.3 is 5.73 Å². The fourth-order valence-electron chi connectivity index (χ4n) is 1.97. The van der Waals surface area contributed by atoms with Crippen LogP contribution in [-0.2, 0) is 12.8 Å². The maximum absolute atomic E-state index is 6.20. The molecule has 0 aliphatic heterocycles. The van der Waals surface area contributed by atoms with E-state index in [4.69, 9.17) is 17.3 Å². The fraction of sp³-hybridized carbons (Fsp3) is 0.267. The quantitative estimate of drug-likeness (QED) is 0.894. The van der Waals surface area contributed by atoms with Crippen LogP contribution in [0, 0.1) is 0 Å². The van der Waals surface area contributed by atoms with Crippen LogP contribution >= 0.6 is 27.5 Å². The van der Waals surface area contributed by atoms with Crippen LogP contribution in [0.15, 0.2) is 47.2 Å². The van der Waals surface area contributed by atoms with Crippen LogP contribution in [0.25, 0.3) is 0 Å². The largest absolute Gasteiger partial charge is 0.327 e. The first-order chi connectivity index (χ1) is 9.15. The number of benzene rings is 1. The SMILES string of the molecule is NC(CCc1cccnc1)Cc1ccc(Br)cc1Cl. The van der Waals surface area contributed by atoms with Gasteiger partial charge in [0.05, 0.1) is 0 Å². The van der Waals surface area contributed by atoms with Crippen molar-refractivity contribution in [2.75, 3.05) is 0 Å². The zero-order valence-electron chi connectivity index (χ0n) is 10.5. The second-order valence-corrected chi connectivity index (χ2v) is 5.92. The van der Waals surface area contributed by atoms with Gasteiger partial charge in [0.15, 0.2) is 0 Å². The number of aromatic nitrogens is 1. The van der Waals surface area contributed by atoms with Crippen LogP contribution in [-0.4, -0.2) is 11.0 Å². The van der Waals surface area contributed by atoms with Crippen LogP contribution in [0.3, 0.4) is 0 Å². The van der Waals surface area contributed by atoms with Gasteiger partial charge in [0.2, 0.25) is 0 Å². The van der Waals surface area contributed by atoms with E-state index in [2.05, 4.69) is 27.0 Å². The highest BCUT2D eigenvalue weighted by molar-refractivity contribution is 9.10. The third-order valence-electron chi connectivity index (χ3n) is 3.02. The smallest absolute Gasteiger partial charge is 0.0449 e. The van der Waals surface area contributed by atoms with Crippen LogP contribution in [0.1, 0.15) is 17.5 Å². The maximum atomic E-state index is 6.20. The minimum Gasteiger partial charge on any atom is -0.327 e. The summed E-state index contributed by atoms with van der Waals surface area (Å²) in [7, 11) is 0. The lowest BCUT2D eigenvalue weighted by molar-refractivity contribution is 0.610. The zero-order chi connectivity index (χ0) is 13.7. The van der Waals surface area contributed by atoms with Crippen molar-refractivity contribution in [2.45, 2.75) is 25.3 Å². The molecule has 0 saturated carbocycles. The van der Waals surface area contributed by atoms with Crippen molar-refractivity contribution in [1.82, 2.24) is 4.98 Å². The third kappa shape index (κ3) is 4.60. The lowest BCUT2D eigenvalue weighted by atomic mass is 10.0. The van der Waals surface area contributed by atoms with E-state index in [-0.39, 0.29) is 6.04 Å². The minimum absolute atomic E-state index is 0.110. The number of halogens is 2. The second-order valence-electron chi connectivity index (χ2n) is 4.60. The molecular formula is C15H16BrClN2. The molecule has 2 N–H and O–H groups in total. The molecule has 0 amide bonds. The summed E-state index contributed by atoms with van der Waals surface area (Å²) in [6.07, 6.45) is 6.35. The van der Waals surface area contributed by atoms with Crippen molar-refractivity contribution >= 4 is 27.5 Å². The first-order valence-corrected chi connectivity index (χ1v) is 7.40. The van der Waals surface area contributed by atoms with Crippen molar-refractivity contribution in [3.8, 4) is 0 Å². The molecule has 2 rings (SSSR count). The van der Waals surface area contributed by atoms with Gasteiger partial charge in [0, 0.05) is 27.9 Å². The Labute approximate surface area is 127 Å². The van der Waals surface area contributed by atoms with E-state index in [0.29, 0.717) is 0 Å². The van der Waals surface area contributed by atoms with Crippen molar-refractivity contribution in [3.05, 3.63) is 63.3 Å². The monoisotopic (exact) mass is 338 g/mol. The fourth-order valence-corrected chi connectivity index (χ4v) is 2.72. The Hall–Kier alpha value is -0.900. The van der Waals surface area contributed by atoms with Gasteiger partial charge in [0.25, 0.3) is 0 Å². The summed E-state index contributed by atoms with van der Waals surface area (Å²) in [5.41, 5.74) is 8.49. The zero-order valence-corrected chi connectivity index (χ0v) is 12.9. The second kappa shape index (κ2) is 7.04. The maximum Gasteiger partial charge on any atom is 0.0449 e. The van der Waals surface area contributed by atoms with Gasteiger partial charge in [-0.1, -0.05) is 39.7 Å². The summed E-state index contributed by atoms with van der Waals surface area (Å²) in [4.78, 5) is 4.10. The molecule has 0 saturated heterocycles. The molecule has 1 heterocycles. The molecule has 1 aromatic heterocycles. The topological polar surface area (TPSA) is 38.9 Å². The molecule has 0 radical (unpaired) electrons. The Morgan fingerprint density at radius 1 is 1.32 bits per heavy atom. The highest BCUT2D eigenvalue weighted by Gasteiger charge is 2.08. The van der Waals surface area contributed by atoms with Gasteiger partial charge in [-0.15, -0.1) is 0 Å². The average Bonchev–Trinajstić information content (AvgIpc) is 2.41. The molecule has 1 aromatic carbocycles. The molecule has 2 nitrogen and oxygen atoms in total. The van der Waals surface area contributed by atoms with Crippen LogP contribution in [0.2, 0.25) is 5.02 Å². The van der Waals surface area contributed by atoms with E-state index in [1.807, 2.05) is 30.5 Å². The molecular weight excluding hydrogens is 324 g/mol. The normalized spacial score (nSPS) is 12.4. The molecule has 4 heteroatoms. The molecule has 0 fully saturated rings. The van der Waals surface area contributed by atoms with Gasteiger partial charge in [-0.2, -0.15) is 0 Å². The molecule has 2 aromatic rings. The summed E-state index contributed by atoms with van der Waals surface area (Å²) >= 11 is 9.60. The summed E-state index contributed by atoms with van der Waals surface area (Å²) in [5.74, 6) is 0. The van der Waals surface area contributed by atoms with E-state index in [1.54, 1.807) is 6.20 Å². The number of hydrogen-bond donors (Lipinski definition) is 1. The standard InChI is InChI=1S/C15H16BrClN2/c16-13-5-4-12(15(17)9-13)8-14(18)6-3-11-2-1-7-19-10-11/h1-2,4-5,7,9-10,14H,3,6,8,18H2. The number of aryl methyl sites for hydroxylation is 1. The van der Waals surface area contributed by atoms with E-state index in [9.17, 15) is 0 Å². The Balaban J connectivity index is 1.89. The highest BCUT2D eigenvalue weighted by Crippen LogP contribution is 2.22. The number of nitrogens with two attached hydrogens (primary N) is 1. The van der Waals surface area contributed by atoms with Gasteiger partial charge in [0.1, 0.15) is 0 Å². The summed E-state index contributed by atoms with van der Waals surface area (Å²) in [6.45, 7) is 0. The van der Waals surface area contributed by atoms with Crippen molar-refractivity contribution in [1.29, 1.82) is 0 Å². The van der Waals surface area contributed by atoms with Crippen LogP contribution in [0.4, 0.5) is 0 Å². The predicted octanol–water partition coefficient (Wildman–Crippen LogP) is 4.00. The molecule has 0 bridgehead atoms. The average molecular weight is 340 g/mol. The summed E-state index contributed by atoms with van der Waals surface area (Å²) in [5, 5.41) is 0.770. The molecule has 0 aliphatic carbocycles. The Bertz CT molecular complexity index is 531. The first-order valence-electron chi connectivity index (χ1n) is 6.23. The van der Waals surface area contributed by atoms with Crippen LogP contribution < -0.4 is 5.73 Å². The number of nitrogens with zero attached hydrogens (tertiary/aromatic N) is 1. The summed E-state index contributed by atoms with van der Waals surface area (Å²) < 4.78 is 0.991. The molecule has 0 spiro atoms. The molecule has 100 valence electrons. The Morgan fingerprint density at radius 2 is 2.16 bits per heavy atom. The predicted molar refractivity (Wildman–Crippen MR) is 83.4 cm³/mol. The van der Waals surface area contributed by atoms with Gasteiger partial charge in [-0.05, 0) is 48.6 Å². The highest BCUT2D eigenvalue weighted by atomic mass is 79.9. The van der Waals surface area contributed by atoms with Gasteiger partial charge in [-0.25, -0.2) is 0 Å². The number of hydrogen-bond acceptors (Lipinski definition) is 2. The van der Waals surface area contributed by atoms with Crippen molar-refractivity contribution in [2.24, 2.45) is 5.73 Å². The van der Waals surface area contributed by atoms with Crippen molar-refractivity contribution in [3.63, 3.8) is 0 Å². The van der Waals surface area contributed by atoms with Crippen LogP contribution in [0.5, 0.6) is 0 Å². The van der Waals surface area contributed by atoms with Gasteiger partial charge in [-0.3, -0.25) is 4.98 Å². The summed E-state index contributed by atoms with van der Waals surface area (Å²) in [6, 6.07) is 10.1. The number of rotatable bonds is 5. The van der Waals surface area contributed by atoms with Crippen molar-refractivity contribution < 1.29 is 0 Å². The van der Waals surface area contributed by atoms with E-state index >= 15 is 0 Å². The first kappa shape index (κ1) is 14.5. The van der Waals surface area contributed by atoms with E-state index < -0.39 is 0 Å². The molecule has 0 aliphatic rings. The Kier molecular flexibility index (Phi) is 5.37. The third-order valence-corrected chi connectivity index (χ3v) is 3.87. The molecule has 1 atom stereocenters. The van der Waals surface area contributed by atoms with E-state index in [0.717, 1.165) is 34.3 Å². The van der Waals surface area contributed by atoms with Gasteiger partial charge >= 0.3 is 0 Å². The van der Waals surface area contributed by atoms with E-state index in [1.165, 1.54) is 5.56 Å². The lowest BCUT2D eigenvalue weighted by Gasteiger charge is -2.13. The molecule has 19 heavy (non-hydrogen) atoms. The lowest BCUT2D eigenvalue weighted by Crippen LogP contribution is -2.23. The molecule has 1 unspecified atom stereocenters. The minimum atomic E-state index is 0.110. The Morgan fingerprint density at radius 3 is 2.84 bits per heavy atom. The number of pyridine rings is 1.